The maximum absolute atomic E-state index is 7.51. The van der Waals surface area contributed by atoms with E-state index in [-0.39, 0.29) is 11.1 Å². The van der Waals surface area contributed by atoms with Gasteiger partial charge >= 0.3 is 0 Å². The average molecular weight is 272 g/mol. The van der Waals surface area contributed by atoms with Crippen molar-refractivity contribution in [3.05, 3.63) is 53.9 Å². The van der Waals surface area contributed by atoms with Crippen molar-refractivity contribution in [3.8, 4) is 0 Å². The predicted octanol–water partition coefficient (Wildman–Crippen LogP) is 2.94. The number of aromatic nitrogens is 2. The lowest BCUT2D eigenvalue weighted by Crippen LogP contribution is -2.13. The fourth-order valence-electron chi connectivity index (χ4n) is 1.70. The van der Waals surface area contributed by atoms with E-state index in [1.54, 1.807) is 18.0 Å². The number of nitrogens with one attached hydrogen (secondary N) is 1. The Bertz CT molecular complexity index is 556. The Morgan fingerprint density at radius 2 is 2.05 bits per heavy atom. The molecule has 0 spiro atoms. The van der Waals surface area contributed by atoms with Gasteiger partial charge in [-0.1, -0.05) is 42.1 Å². The van der Waals surface area contributed by atoms with Crippen LogP contribution in [-0.4, -0.2) is 15.8 Å². The molecule has 2 aromatic rings. The SMILES string of the molecule is Cc1ccnc(SC(CC(=N)N)c2ccccc2)n1. The van der Waals surface area contributed by atoms with Crippen molar-refractivity contribution in [2.45, 2.75) is 23.8 Å². The Morgan fingerprint density at radius 1 is 1.32 bits per heavy atom. The van der Waals surface area contributed by atoms with Gasteiger partial charge in [-0.25, -0.2) is 9.97 Å². The lowest BCUT2D eigenvalue weighted by atomic mass is 10.1. The van der Waals surface area contributed by atoms with Crippen molar-refractivity contribution in [2.24, 2.45) is 5.73 Å². The quantitative estimate of drug-likeness (QED) is 0.380. The van der Waals surface area contributed by atoms with Gasteiger partial charge in [-0.2, -0.15) is 0 Å². The maximum atomic E-state index is 7.51. The number of benzene rings is 1. The normalized spacial score (nSPS) is 12.1. The van der Waals surface area contributed by atoms with E-state index in [1.165, 1.54) is 0 Å². The fourth-order valence-corrected chi connectivity index (χ4v) is 2.83. The summed E-state index contributed by atoms with van der Waals surface area (Å²) in [7, 11) is 0. The zero-order valence-corrected chi connectivity index (χ0v) is 11.5. The van der Waals surface area contributed by atoms with E-state index in [0.29, 0.717) is 6.42 Å². The highest BCUT2D eigenvalue weighted by atomic mass is 32.2. The van der Waals surface area contributed by atoms with Gasteiger partial charge in [-0.3, -0.25) is 5.41 Å². The topological polar surface area (TPSA) is 75.7 Å². The number of aryl methyl sites for hydroxylation is 1. The Labute approximate surface area is 117 Å². The molecule has 0 saturated heterocycles. The number of amidine groups is 1. The molecule has 1 unspecified atom stereocenters. The van der Waals surface area contributed by atoms with Gasteiger partial charge in [0, 0.05) is 23.6 Å². The van der Waals surface area contributed by atoms with Gasteiger partial charge in [-0.15, -0.1) is 0 Å². The van der Waals surface area contributed by atoms with Gasteiger partial charge in [0.2, 0.25) is 0 Å². The molecule has 0 fully saturated rings. The van der Waals surface area contributed by atoms with Crippen LogP contribution in [0.1, 0.15) is 22.9 Å². The van der Waals surface area contributed by atoms with Crippen LogP contribution in [-0.2, 0) is 0 Å². The summed E-state index contributed by atoms with van der Waals surface area (Å²) in [6.45, 7) is 1.94. The summed E-state index contributed by atoms with van der Waals surface area (Å²) in [6, 6.07) is 11.9. The molecule has 3 N–H and O–H groups in total. The number of hydrogen-bond acceptors (Lipinski definition) is 4. The first-order valence-electron chi connectivity index (χ1n) is 5.99. The maximum Gasteiger partial charge on any atom is 0.188 e. The third-order valence-electron chi connectivity index (χ3n) is 2.60. The highest BCUT2D eigenvalue weighted by molar-refractivity contribution is 7.99. The minimum atomic E-state index is 0.0699. The Morgan fingerprint density at radius 3 is 2.68 bits per heavy atom. The second-order valence-electron chi connectivity index (χ2n) is 4.23. The number of nitrogens with zero attached hydrogens (tertiary/aromatic N) is 2. The second-order valence-corrected chi connectivity index (χ2v) is 5.40. The fraction of sp³-hybridized carbons (Fsp3) is 0.214. The summed E-state index contributed by atoms with van der Waals surface area (Å²) in [5.74, 6) is 0.175. The van der Waals surface area contributed by atoms with Crippen LogP contribution in [0.5, 0.6) is 0 Å². The molecule has 0 amide bonds. The second kappa shape index (κ2) is 6.33. The Hall–Kier alpha value is -1.88. The van der Waals surface area contributed by atoms with Gasteiger partial charge in [-0.05, 0) is 18.6 Å². The third-order valence-corrected chi connectivity index (χ3v) is 3.73. The third kappa shape index (κ3) is 4.06. The van der Waals surface area contributed by atoms with Crippen molar-refractivity contribution in [1.82, 2.24) is 9.97 Å². The smallest absolute Gasteiger partial charge is 0.188 e. The molecule has 19 heavy (non-hydrogen) atoms. The summed E-state index contributed by atoms with van der Waals surface area (Å²) >= 11 is 1.54. The summed E-state index contributed by atoms with van der Waals surface area (Å²) in [5.41, 5.74) is 7.61. The van der Waals surface area contributed by atoms with Crippen molar-refractivity contribution >= 4 is 17.6 Å². The monoisotopic (exact) mass is 272 g/mol. The van der Waals surface area contributed by atoms with Gasteiger partial charge in [0.1, 0.15) is 0 Å². The van der Waals surface area contributed by atoms with E-state index in [9.17, 15) is 0 Å². The van der Waals surface area contributed by atoms with Gasteiger partial charge in [0.15, 0.2) is 5.16 Å². The molecule has 1 aromatic carbocycles. The van der Waals surface area contributed by atoms with Crippen LogP contribution in [0.15, 0.2) is 47.8 Å². The van der Waals surface area contributed by atoms with E-state index in [4.69, 9.17) is 11.1 Å². The van der Waals surface area contributed by atoms with Crippen LogP contribution >= 0.6 is 11.8 Å². The van der Waals surface area contributed by atoms with E-state index in [0.717, 1.165) is 16.4 Å². The van der Waals surface area contributed by atoms with Crippen LogP contribution in [0.25, 0.3) is 0 Å². The molecule has 0 bridgehead atoms. The van der Waals surface area contributed by atoms with Crippen LogP contribution in [0.3, 0.4) is 0 Å². The Balaban J connectivity index is 2.21. The van der Waals surface area contributed by atoms with Gasteiger partial charge in [0.05, 0.1) is 5.84 Å². The van der Waals surface area contributed by atoms with Gasteiger partial charge in [0.25, 0.3) is 0 Å². The highest BCUT2D eigenvalue weighted by Crippen LogP contribution is 2.35. The Kier molecular flexibility index (Phi) is 4.52. The number of thioether (sulfide) groups is 1. The molecule has 2 rings (SSSR count). The average Bonchev–Trinajstić information content (AvgIpc) is 2.38. The molecule has 0 aliphatic carbocycles. The summed E-state index contributed by atoms with van der Waals surface area (Å²) < 4.78 is 0. The van der Waals surface area contributed by atoms with Crippen LogP contribution < -0.4 is 5.73 Å². The zero-order valence-electron chi connectivity index (χ0n) is 10.7. The van der Waals surface area contributed by atoms with Crippen molar-refractivity contribution < 1.29 is 0 Å². The molecular weight excluding hydrogens is 256 g/mol. The molecule has 0 aliphatic heterocycles. The lowest BCUT2D eigenvalue weighted by molar-refractivity contribution is 0.908. The predicted molar refractivity (Wildman–Crippen MR) is 78.3 cm³/mol. The lowest BCUT2D eigenvalue weighted by Gasteiger charge is -2.15. The first-order chi connectivity index (χ1) is 9.15. The first kappa shape index (κ1) is 13.5. The van der Waals surface area contributed by atoms with Crippen LogP contribution in [0.2, 0.25) is 0 Å². The molecule has 1 aromatic heterocycles. The summed E-state index contributed by atoms with van der Waals surface area (Å²) in [6.07, 6.45) is 2.24. The number of rotatable bonds is 5. The van der Waals surface area contributed by atoms with E-state index < -0.39 is 0 Å². The molecule has 98 valence electrons. The summed E-state index contributed by atoms with van der Waals surface area (Å²) in [4.78, 5) is 8.64. The number of nitrogens with two attached hydrogens (primary N) is 1. The summed E-state index contributed by atoms with van der Waals surface area (Å²) in [5, 5.41) is 8.29. The standard InChI is InChI=1S/C14H16N4S/c1-10-7-8-17-14(18-10)19-12(9-13(15)16)11-5-3-2-4-6-11/h2-8,12H,9H2,1H3,(H3,15,16). The molecule has 0 aliphatic rings. The molecule has 1 heterocycles. The molecular formula is C14H16N4S. The first-order valence-corrected chi connectivity index (χ1v) is 6.87. The van der Waals surface area contributed by atoms with Crippen molar-refractivity contribution in [2.75, 3.05) is 0 Å². The van der Waals surface area contributed by atoms with Crippen molar-refractivity contribution in [3.63, 3.8) is 0 Å². The van der Waals surface area contributed by atoms with Crippen molar-refractivity contribution in [1.29, 1.82) is 5.41 Å². The van der Waals surface area contributed by atoms with Crippen LogP contribution in [0.4, 0.5) is 0 Å². The minimum absolute atomic E-state index is 0.0699. The highest BCUT2D eigenvalue weighted by Gasteiger charge is 2.16. The van der Waals surface area contributed by atoms with Crippen LogP contribution in [0, 0.1) is 12.3 Å². The molecule has 0 radical (unpaired) electrons. The van der Waals surface area contributed by atoms with E-state index in [1.807, 2.05) is 43.3 Å². The molecule has 5 heteroatoms. The van der Waals surface area contributed by atoms with E-state index >= 15 is 0 Å². The van der Waals surface area contributed by atoms with E-state index in [2.05, 4.69) is 9.97 Å². The zero-order chi connectivity index (χ0) is 13.7. The molecule has 4 nitrogen and oxygen atoms in total. The molecule has 0 saturated carbocycles. The molecule has 1 atom stereocenters. The number of hydrogen-bond donors (Lipinski definition) is 2. The largest absolute Gasteiger partial charge is 0.388 e. The minimum Gasteiger partial charge on any atom is -0.388 e. The van der Waals surface area contributed by atoms with Gasteiger partial charge < -0.3 is 5.73 Å².